The lowest BCUT2D eigenvalue weighted by atomic mass is 10.0. The Morgan fingerprint density at radius 3 is 2.52 bits per heavy atom. The minimum atomic E-state index is -0.480. The molecule has 2 nitrogen and oxygen atoms in total. The van der Waals surface area contributed by atoms with Crippen molar-refractivity contribution in [1.29, 1.82) is 0 Å². The summed E-state index contributed by atoms with van der Waals surface area (Å²) in [7, 11) is 1.51. The molecule has 0 saturated carbocycles. The Hall–Kier alpha value is -1.39. The second-order valence-electron chi connectivity index (χ2n) is 5.12. The Labute approximate surface area is 133 Å². The van der Waals surface area contributed by atoms with Crippen LogP contribution in [-0.2, 0) is 4.75 Å². The number of ether oxygens (including phenoxy) is 1. The molecule has 2 N–H and O–H groups in total. The molecule has 0 radical (unpaired) electrons. The maximum absolute atomic E-state index is 13.5. The smallest absolute Gasteiger partial charge is 0.149 e. The number of hydrogen-bond acceptors (Lipinski definition) is 3. The first-order valence-electron chi connectivity index (χ1n) is 6.42. The van der Waals surface area contributed by atoms with Gasteiger partial charge in [0.2, 0.25) is 0 Å². The van der Waals surface area contributed by atoms with Gasteiger partial charge in [-0.15, -0.1) is 11.8 Å². The Morgan fingerprint density at radius 1 is 1.24 bits per heavy atom. The fourth-order valence-corrected chi connectivity index (χ4v) is 3.76. The summed E-state index contributed by atoms with van der Waals surface area (Å²) in [5, 5.41) is 0.698. The molecule has 0 aromatic heterocycles. The molecule has 0 aliphatic heterocycles. The maximum atomic E-state index is 13.5. The van der Waals surface area contributed by atoms with E-state index < -0.39 is 5.82 Å². The van der Waals surface area contributed by atoms with E-state index in [1.165, 1.54) is 24.9 Å². The molecule has 0 spiro atoms. The highest BCUT2D eigenvalue weighted by Gasteiger charge is 2.26. The first kappa shape index (κ1) is 16.0. The van der Waals surface area contributed by atoms with Gasteiger partial charge in [-0.2, -0.15) is 0 Å². The summed E-state index contributed by atoms with van der Waals surface area (Å²) in [6.45, 7) is 4.11. The van der Waals surface area contributed by atoms with Gasteiger partial charge in [-0.05, 0) is 31.5 Å². The summed E-state index contributed by atoms with van der Waals surface area (Å²) in [5.41, 5.74) is 6.77. The summed E-state index contributed by atoms with van der Waals surface area (Å²) < 4.78 is 18.5. The second kappa shape index (κ2) is 6.16. The van der Waals surface area contributed by atoms with E-state index in [1.807, 2.05) is 24.3 Å². The lowest BCUT2D eigenvalue weighted by Crippen LogP contribution is -2.13. The SMILES string of the molecule is COc1cc(F)c(N)cc1SC(C)(C)c1ccccc1Cl. The van der Waals surface area contributed by atoms with Crippen LogP contribution in [0.3, 0.4) is 0 Å². The normalized spacial score (nSPS) is 11.5. The molecule has 0 unspecified atom stereocenters. The van der Waals surface area contributed by atoms with E-state index in [-0.39, 0.29) is 10.4 Å². The monoisotopic (exact) mass is 325 g/mol. The van der Waals surface area contributed by atoms with Gasteiger partial charge >= 0.3 is 0 Å². The molecule has 0 aliphatic rings. The molecule has 0 heterocycles. The van der Waals surface area contributed by atoms with E-state index in [2.05, 4.69) is 13.8 Å². The van der Waals surface area contributed by atoms with E-state index in [0.29, 0.717) is 10.8 Å². The zero-order valence-corrected chi connectivity index (χ0v) is 13.7. The Balaban J connectivity index is 2.41. The fraction of sp³-hybridized carbons (Fsp3) is 0.250. The van der Waals surface area contributed by atoms with Crippen LogP contribution in [-0.4, -0.2) is 7.11 Å². The number of thioether (sulfide) groups is 1. The van der Waals surface area contributed by atoms with Crippen LogP contribution in [0.4, 0.5) is 10.1 Å². The predicted molar refractivity (Wildman–Crippen MR) is 87.7 cm³/mol. The van der Waals surface area contributed by atoms with Gasteiger partial charge < -0.3 is 10.5 Å². The summed E-state index contributed by atoms with van der Waals surface area (Å²) in [6.07, 6.45) is 0. The predicted octanol–water partition coefficient (Wildman–Crippen LogP) is 5.10. The van der Waals surface area contributed by atoms with E-state index in [9.17, 15) is 4.39 Å². The van der Waals surface area contributed by atoms with Gasteiger partial charge in [0.25, 0.3) is 0 Å². The number of nitrogen functional groups attached to an aromatic ring is 1. The third kappa shape index (κ3) is 3.44. The van der Waals surface area contributed by atoms with Crippen LogP contribution in [0.15, 0.2) is 41.3 Å². The van der Waals surface area contributed by atoms with Crippen LogP contribution in [0.1, 0.15) is 19.4 Å². The maximum Gasteiger partial charge on any atom is 0.149 e. The molecule has 0 aliphatic carbocycles. The molecule has 0 amide bonds. The summed E-state index contributed by atoms with van der Waals surface area (Å²) in [4.78, 5) is 0.779. The average molecular weight is 326 g/mol. The number of benzene rings is 2. The number of halogens is 2. The quantitative estimate of drug-likeness (QED) is 0.627. The fourth-order valence-electron chi connectivity index (χ4n) is 2.07. The lowest BCUT2D eigenvalue weighted by Gasteiger charge is -2.26. The molecule has 5 heteroatoms. The number of rotatable bonds is 4. The van der Waals surface area contributed by atoms with Crippen molar-refractivity contribution in [3.05, 3.63) is 52.8 Å². The van der Waals surface area contributed by atoms with Gasteiger partial charge in [-0.25, -0.2) is 4.39 Å². The minimum absolute atomic E-state index is 0.105. The Bertz CT molecular complexity index is 661. The summed E-state index contributed by atoms with van der Waals surface area (Å²) in [6, 6.07) is 10.6. The standard InChI is InChI=1S/C16H17ClFNOS/c1-16(2,10-6-4-5-7-11(10)17)21-15-9-13(19)12(18)8-14(15)20-3/h4-9H,19H2,1-3H3. The average Bonchev–Trinajstić information content (AvgIpc) is 2.42. The second-order valence-corrected chi connectivity index (χ2v) is 7.19. The molecular weight excluding hydrogens is 309 g/mol. The lowest BCUT2D eigenvalue weighted by molar-refractivity contribution is 0.401. The highest BCUT2D eigenvalue weighted by molar-refractivity contribution is 8.00. The van der Waals surface area contributed by atoms with Crippen molar-refractivity contribution < 1.29 is 9.13 Å². The molecule has 112 valence electrons. The van der Waals surface area contributed by atoms with E-state index in [1.54, 1.807) is 6.07 Å². The van der Waals surface area contributed by atoms with Gasteiger partial charge in [-0.3, -0.25) is 0 Å². The van der Waals surface area contributed by atoms with E-state index in [0.717, 1.165) is 10.5 Å². The molecule has 2 aromatic rings. The van der Waals surface area contributed by atoms with Crippen LogP contribution in [0, 0.1) is 5.82 Å². The summed E-state index contributed by atoms with van der Waals surface area (Å²) in [5.74, 6) is -0.0152. The first-order valence-corrected chi connectivity index (χ1v) is 7.61. The molecule has 21 heavy (non-hydrogen) atoms. The Morgan fingerprint density at radius 2 is 1.90 bits per heavy atom. The number of nitrogens with two attached hydrogens (primary N) is 1. The molecule has 0 saturated heterocycles. The van der Waals surface area contributed by atoms with Crippen molar-refractivity contribution in [2.75, 3.05) is 12.8 Å². The number of hydrogen-bond donors (Lipinski definition) is 1. The van der Waals surface area contributed by atoms with Gasteiger partial charge in [0, 0.05) is 15.8 Å². The first-order chi connectivity index (χ1) is 9.85. The highest BCUT2D eigenvalue weighted by atomic mass is 35.5. The molecular formula is C16H17ClFNOS. The molecule has 0 bridgehead atoms. The largest absolute Gasteiger partial charge is 0.495 e. The van der Waals surface area contributed by atoms with Gasteiger partial charge in [0.1, 0.15) is 11.6 Å². The topological polar surface area (TPSA) is 35.2 Å². The zero-order chi connectivity index (χ0) is 15.6. The Kier molecular flexibility index (Phi) is 4.69. The highest BCUT2D eigenvalue weighted by Crippen LogP contribution is 2.47. The van der Waals surface area contributed by atoms with Crippen molar-refractivity contribution in [2.45, 2.75) is 23.5 Å². The van der Waals surface area contributed by atoms with Crippen LogP contribution >= 0.6 is 23.4 Å². The van der Waals surface area contributed by atoms with Crippen LogP contribution < -0.4 is 10.5 Å². The molecule has 0 atom stereocenters. The van der Waals surface area contributed by atoms with Crippen LogP contribution in [0.5, 0.6) is 5.75 Å². The van der Waals surface area contributed by atoms with E-state index >= 15 is 0 Å². The molecule has 2 rings (SSSR count). The summed E-state index contributed by atoms with van der Waals surface area (Å²) >= 11 is 7.81. The van der Waals surface area contributed by atoms with Gasteiger partial charge in [0.15, 0.2) is 0 Å². The van der Waals surface area contributed by atoms with Gasteiger partial charge in [-0.1, -0.05) is 29.8 Å². The third-order valence-corrected chi connectivity index (χ3v) is 4.77. The van der Waals surface area contributed by atoms with Crippen molar-refractivity contribution in [3.63, 3.8) is 0 Å². The zero-order valence-electron chi connectivity index (χ0n) is 12.1. The number of anilines is 1. The van der Waals surface area contributed by atoms with Crippen molar-refractivity contribution in [1.82, 2.24) is 0 Å². The van der Waals surface area contributed by atoms with Crippen LogP contribution in [0.25, 0.3) is 0 Å². The molecule has 0 fully saturated rings. The minimum Gasteiger partial charge on any atom is -0.495 e. The van der Waals surface area contributed by atoms with Crippen molar-refractivity contribution in [2.24, 2.45) is 0 Å². The van der Waals surface area contributed by atoms with Crippen molar-refractivity contribution >= 4 is 29.1 Å². The molecule has 2 aromatic carbocycles. The van der Waals surface area contributed by atoms with Gasteiger partial charge in [0.05, 0.1) is 17.7 Å². The van der Waals surface area contributed by atoms with Crippen LogP contribution in [0.2, 0.25) is 5.02 Å². The van der Waals surface area contributed by atoms with E-state index in [4.69, 9.17) is 22.1 Å². The third-order valence-electron chi connectivity index (χ3n) is 3.17. The van der Waals surface area contributed by atoms with Crippen molar-refractivity contribution in [3.8, 4) is 5.75 Å². The number of methoxy groups -OCH3 is 1.